The molecule has 1 heterocycles. The maximum absolute atomic E-state index is 13.1. The topological polar surface area (TPSA) is 83.7 Å². The van der Waals surface area contributed by atoms with Crippen LogP contribution in [-0.2, 0) is 0 Å². The minimum absolute atomic E-state index is 0. The summed E-state index contributed by atoms with van der Waals surface area (Å²) >= 11 is 0. The van der Waals surface area contributed by atoms with E-state index >= 15 is 0 Å². The molecule has 0 radical (unpaired) electrons. The van der Waals surface area contributed by atoms with E-state index in [0.29, 0.717) is 45.0 Å². The van der Waals surface area contributed by atoms with Crippen LogP contribution in [0.2, 0.25) is 0 Å². The van der Waals surface area contributed by atoms with Crippen LogP contribution in [0.4, 0.5) is 5.69 Å². The molecule has 0 bridgehead atoms. The van der Waals surface area contributed by atoms with Gasteiger partial charge in [0, 0.05) is 16.3 Å². The summed E-state index contributed by atoms with van der Waals surface area (Å²) < 4.78 is 16.4. The Balaban J connectivity index is 0.00000280. The maximum atomic E-state index is 13.1. The molecule has 28 heavy (non-hydrogen) atoms. The number of rotatable bonds is 6. The van der Waals surface area contributed by atoms with Gasteiger partial charge in [0.25, 0.3) is 0 Å². The number of carbonyl (C=O) groups excluding carboxylic acids is 1. The number of benzene rings is 2. The fourth-order valence-electron chi connectivity index (χ4n) is 2.89. The van der Waals surface area contributed by atoms with Crippen molar-refractivity contribution in [1.29, 1.82) is 0 Å². The molecule has 7 heteroatoms. The number of aromatic nitrogens is 1. The summed E-state index contributed by atoms with van der Waals surface area (Å²) in [4.78, 5) is 17.4. The lowest BCUT2D eigenvalue weighted by Gasteiger charge is -2.13. The molecule has 0 saturated heterocycles. The molecule has 0 amide bonds. The maximum Gasteiger partial charge on any atom is 0.212 e. The number of hydrogen-bond acceptors (Lipinski definition) is 6. The molecule has 0 spiro atoms. The van der Waals surface area contributed by atoms with Crippen molar-refractivity contribution in [2.45, 2.75) is 20.0 Å². The Morgan fingerprint density at radius 1 is 1.04 bits per heavy atom. The summed E-state index contributed by atoms with van der Waals surface area (Å²) in [6.07, 6.45) is 1.50. The molecule has 2 N–H and O–H groups in total. The van der Waals surface area contributed by atoms with Gasteiger partial charge in [-0.05, 0) is 38.1 Å². The molecule has 0 fully saturated rings. The Hall–Kier alpha value is -2.99. The molecule has 3 aromatic rings. The third-order valence-electron chi connectivity index (χ3n) is 4.11. The first kappa shape index (κ1) is 21.3. The predicted octanol–water partition coefficient (Wildman–Crippen LogP) is 4.27. The van der Waals surface area contributed by atoms with E-state index in [1.807, 2.05) is 19.9 Å². The number of halogens is 1. The quantitative estimate of drug-likeness (QED) is 0.620. The summed E-state index contributed by atoms with van der Waals surface area (Å²) in [6.45, 7) is 3.87. The average molecular weight is 403 g/mol. The number of fused-ring (bicyclic) bond motifs is 1. The van der Waals surface area contributed by atoms with Crippen molar-refractivity contribution >= 4 is 34.7 Å². The Labute approximate surface area is 170 Å². The monoisotopic (exact) mass is 402 g/mol. The molecule has 6 nitrogen and oxygen atoms in total. The first-order valence-electron chi connectivity index (χ1n) is 8.56. The summed E-state index contributed by atoms with van der Waals surface area (Å²) in [6, 6.07) is 10.5. The lowest BCUT2D eigenvalue weighted by Crippen LogP contribution is -2.09. The summed E-state index contributed by atoms with van der Waals surface area (Å²) in [7, 11) is 3.09. The van der Waals surface area contributed by atoms with Gasteiger partial charge in [-0.3, -0.25) is 4.79 Å². The van der Waals surface area contributed by atoms with Crippen molar-refractivity contribution in [3.05, 3.63) is 53.9 Å². The number of nitrogens with two attached hydrogens (primary N) is 1. The number of nitrogen functional groups attached to an aromatic ring is 1. The van der Waals surface area contributed by atoms with Crippen molar-refractivity contribution in [1.82, 2.24) is 4.98 Å². The molecule has 148 valence electrons. The van der Waals surface area contributed by atoms with Crippen LogP contribution in [0.5, 0.6) is 17.2 Å². The third kappa shape index (κ3) is 4.12. The number of methoxy groups -OCH3 is 2. The van der Waals surface area contributed by atoms with E-state index < -0.39 is 0 Å². The van der Waals surface area contributed by atoms with Gasteiger partial charge in [0.05, 0.1) is 32.2 Å². The summed E-state index contributed by atoms with van der Waals surface area (Å²) in [5, 5.41) is 1.29. The van der Waals surface area contributed by atoms with Gasteiger partial charge in [-0.2, -0.15) is 0 Å². The van der Waals surface area contributed by atoms with Gasteiger partial charge in [-0.15, -0.1) is 12.4 Å². The van der Waals surface area contributed by atoms with Crippen molar-refractivity contribution in [2.75, 3.05) is 20.0 Å². The first-order valence-corrected chi connectivity index (χ1v) is 8.56. The minimum atomic E-state index is -0.221. The highest BCUT2D eigenvalue weighted by Crippen LogP contribution is 2.36. The van der Waals surface area contributed by atoms with E-state index in [2.05, 4.69) is 4.98 Å². The van der Waals surface area contributed by atoms with Crippen molar-refractivity contribution in [3.63, 3.8) is 0 Å². The van der Waals surface area contributed by atoms with Crippen LogP contribution in [0.15, 0.2) is 42.6 Å². The summed E-state index contributed by atoms with van der Waals surface area (Å²) in [5.74, 6) is 1.45. The Bertz CT molecular complexity index is 1010. The Kier molecular flexibility index (Phi) is 6.70. The molecule has 0 aliphatic heterocycles. The number of carbonyl (C=O) groups is 1. The number of anilines is 1. The van der Waals surface area contributed by atoms with Gasteiger partial charge < -0.3 is 19.9 Å². The van der Waals surface area contributed by atoms with E-state index in [-0.39, 0.29) is 24.3 Å². The van der Waals surface area contributed by atoms with Gasteiger partial charge in [-0.25, -0.2) is 4.98 Å². The molecule has 0 unspecified atom stereocenters. The zero-order valence-electron chi connectivity index (χ0n) is 16.2. The highest BCUT2D eigenvalue weighted by Gasteiger charge is 2.19. The molecule has 0 aliphatic carbocycles. The smallest absolute Gasteiger partial charge is 0.212 e. The highest BCUT2D eigenvalue weighted by molar-refractivity contribution is 6.16. The molecule has 2 aromatic carbocycles. The fraction of sp³-hybridized carbons (Fsp3) is 0.238. The van der Waals surface area contributed by atoms with Gasteiger partial charge >= 0.3 is 0 Å². The van der Waals surface area contributed by atoms with Gasteiger partial charge in [-0.1, -0.05) is 12.1 Å². The first-order chi connectivity index (χ1) is 12.9. The number of pyridine rings is 1. The second-order valence-corrected chi connectivity index (χ2v) is 6.34. The molecule has 3 rings (SSSR count). The van der Waals surface area contributed by atoms with Gasteiger partial charge in [0.1, 0.15) is 11.4 Å². The van der Waals surface area contributed by atoms with Crippen molar-refractivity contribution in [3.8, 4) is 17.2 Å². The van der Waals surface area contributed by atoms with Crippen molar-refractivity contribution < 1.29 is 19.0 Å². The summed E-state index contributed by atoms with van der Waals surface area (Å²) in [5.41, 5.74) is 7.31. The van der Waals surface area contributed by atoms with Crippen LogP contribution in [0.25, 0.3) is 10.8 Å². The number of hydrogen-bond donors (Lipinski definition) is 1. The molecule has 1 aromatic heterocycles. The zero-order chi connectivity index (χ0) is 19.6. The van der Waals surface area contributed by atoms with E-state index in [4.69, 9.17) is 19.9 Å². The Morgan fingerprint density at radius 2 is 1.68 bits per heavy atom. The zero-order valence-corrected chi connectivity index (χ0v) is 17.0. The van der Waals surface area contributed by atoms with Gasteiger partial charge in [0.2, 0.25) is 5.78 Å². The fourth-order valence-corrected chi connectivity index (χ4v) is 2.89. The molecular formula is C21H23ClN2O4. The standard InChI is InChI=1S/C21H22N2O4.ClH/c1-12(2)27-14-7-5-6-13(8-14)21(24)20-16-10-19(26-4)18(25-3)9-15(16)17(22)11-23-20;/h5-12H,22H2,1-4H3;1H. The van der Waals surface area contributed by atoms with Crippen LogP contribution in [0, 0.1) is 0 Å². The molecular weight excluding hydrogens is 380 g/mol. The van der Waals surface area contributed by atoms with E-state index in [0.717, 1.165) is 0 Å². The molecule has 0 aliphatic rings. The van der Waals surface area contributed by atoms with Crippen LogP contribution in [0.3, 0.4) is 0 Å². The van der Waals surface area contributed by atoms with E-state index in [1.165, 1.54) is 13.3 Å². The second-order valence-electron chi connectivity index (χ2n) is 6.34. The largest absolute Gasteiger partial charge is 0.493 e. The number of ether oxygens (including phenoxy) is 3. The normalized spacial score (nSPS) is 10.5. The average Bonchev–Trinajstić information content (AvgIpc) is 2.66. The SMILES string of the molecule is COc1cc2c(N)cnc(C(=O)c3cccc(OC(C)C)c3)c2cc1OC.Cl. The Morgan fingerprint density at radius 3 is 2.29 bits per heavy atom. The van der Waals surface area contributed by atoms with Crippen LogP contribution < -0.4 is 19.9 Å². The van der Waals surface area contributed by atoms with Crippen LogP contribution in [-0.4, -0.2) is 31.1 Å². The minimum Gasteiger partial charge on any atom is -0.493 e. The van der Waals surface area contributed by atoms with Crippen LogP contribution in [0.1, 0.15) is 29.9 Å². The van der Waals surface area contributed by atoms with E-state index in [9.17, 15) is 4.79 Å². The molecule has 0 atom stereocenters. The van der Waals surface area contributed by atoms with Crippen LogP contribution >= 0.6 is 12.4 Å². The van der Waals surface area contributed by atoms with Crippen molar-refractivity contribution in [2.24, 2.45) is 0 Å². The molecule has 0 saturated carbocycles. The van der Waals surface area contributed by atoms with E-state index in [1.54, 1.807) is 37.4 Å². The third-order valence-corrected chi connectivity index (χ3v) is 4.11. The van der Waals surface area contributed by atoms with Gasteiger partial charge in [0.15, 0.2) is 11.5 Å². The second kappa shape index (κ2) is 8.80. The number of ketones is 1. The number of nitrogens with zero attached hydrogens (tertiary/aromatic N) is 1. The predicted molar refractivity (Wildman–Crippen MR) is 112 cm³/mol. The highest BCUT2D eigenvalue weighted by atomic mass is 35.5. The lowest BCUT2D eigenvalue weighted by molar-refractivity contribution is 0.103. The lowest BCUT2D eigenvalue weighted by atomic mass is 10.0.